The minimum atomic E-state index is -0.561. The highest BCUT2D eigenvalue weighted by molar-refractivity contribution is 6.30. The summed E-state index contributed by atoms with van der Waals surface area (Å²) >= 11 is 5.80. The molecule has 0 aliphatic heterocycles. The SMILES string of the molecule is CCOC(=O)c1n[nH]nc1-c1ccc(OC(=O)c2ccc(Cl)cc2)cc1. The van der Waals surface area contributed by atoms with Crippen LogP contribution in [0.4, 0.5) is 0 Å². The Morgan fingerprint density at radius 1 is 1.00 bits per heavy atom. The molecule has 0 amide bonds. The Labute approximate surface area is 153 Å². The van der Waals surface area contributed by atoms with Crippen molar-refractivity contribution in [2.45, 2.75) is 6.92 Å². The molecule has 132 valence electrons. The second-order valence-electron chi connectivity index (χ2n) is 5.16. The van der Waals surface area contributed by atoms with E-state index in [1.54, 1.807) is 55.5 Å². The molecule has 0 spiro atoms. The number of esters is 2. The minimum Gasteiger partial charge on any atom is -0.461 e. The molecule has 0 unspecified atom stereocenters. The van der Waals surface area contributed by atoms with E-state index < -0.39 is 11.9 Å². The average Bonchev–Trinajstić information content (AvgIpc) is 3.13. The van der Waals surface area contributed by atoms with Crippen molar-refractivity contribution >= 4 is 23.5 Å². The molecule has 8 heteroatoms. The van der Waals surface area contributed by atoms with Crippen LogP contribution in [-0.2, 0) is 4.74 Å². The Balaban J connectivity index is 1.75. The van der Waals surface area contributed by atoms with E-state index in [0.717, 1.165) is 0 Å². The molecule has 1 N–H and O–H groups in total. The van der Waals surface area contributed by atoms with Crippen molar-refractivity contribution in [3.05, 3.63) is 64.8 Å². The van der Waals surface area contributed by atoms with Crippen molar-refractivity contribution in [3.8, 4) is 17.0 Å². The first kappa shape index (κ1) is 17.6. The lowest BCUT2D eigenvalue weighted by Crippen LogP contribution is -2.08. The number of aromatic nitrogens is 3. The first-order valence-electron chi connectivity index (χ1n) is 7.74. The lowest BCUT2D eigenvalue weighted by Gasteiger charge is -2.06. The summed E-state index contributed by atoms with van der Waals surface area (Å²) in [6.07, 6.45) is 0. The number of aromatic amines is 1. The summed E-state index contributed by atoms with van der Waals surface area (Å²) in [6.45, 7) is 1.95. The molecule has 7 nitrogen and oxygen atoms in total. The van der Waals surface area contributed by atoms with Gasteiger partial charge in [-0.1, -0.05) is 11.6 Å². The first-order valence-corrected chi connectivity index (χ1v) is 8.12. The summed E-state index contributed by atoms with van der Waals surface area (Å²) in [7, 11) is 0. The normalized spacial score (nSPS) is 10.4. The fourth-order valence-corrected chi connectivity index (χ4v) is 2.33. The van der Waals surface area contributed by atoms with Crippen LogP contribution in [0, 0.1) is 0 Å². The molecule has 2 aromatic carbocycles. The second-order valence-corrected chi connectivity index (χ2v) is 5.60. The highest BCUT2D eigenvalue weighted by atomic mass is 35.5. The van der Waals surface area contributed by atoms with Gasteiger partial charge >= 0.3 is 11.9 Å². The van der Waals surface area contributed by atoms with Crippen molar-refractivity contribution < 1.29 is 19.1 Å². The quantitative estimate of drug-likeness (QED) is 0.544. The lowest BCUT2D eigenvalue weighted by molar-refractivity contribution is 0.0520. The summed E-state index contributed by atoms with van der Waals surface area (Å²) in [5, 5.41) is 10.8. The zero-order valence-electron chi connectivity index (χ0n) is 13.7. The molecule has 1 heterocycles. The Kier molecular flexibility index (Phi) is 5.28. The van der Waals surface area contributed by atoms with E-state index in [2.05, 4.69) is 15.4 Å². The number of carbonyl (C=O) groups is 2. The Hall–Kier alpha value is -3.19. The van der Waals surface area contributed by atoms with Gasteiger partial charge < -0.3 is 9.47 Å². The maximum absolute atomic E-state index is 12.1. The van der Waals surface area contributed by atoms with Gasteiger partial charge in [0, 0.05) is 10.6 Å². The van der Waals surface area contributed by atoms with Crippen LogP contribution in [0.25, 0.3) is 11.3 Å². The summed E-state index contributed by atoms with van der Waals surface area (Å²) in [4.78, 5) is 24.0. The molecule has 3 rings (SSSR count). The van der Waals surface area contributed by atoms with Gasteiger partial charge in [0.25, 0.3) is 0 Å². The number of hydrogen-bond donors (Lipinski definition) is 1. The van der Waals surface area contributed by atoms with Crippen LogP contribution in [0.3, 0.4) is 0 Å². The number of benzene rings is 2. The van der Waals surface area contributed by atoms with Gasteiger partial charge in [-0.2, -0.15) is 10.3 Å². The molecule has 0 saturated heterocycles. The molecule has 0 radical (unpaired) electrons. The molecule has 0 fully saturated rings. The van der Waals surface area contributed by atoms with Crippen LogP contribution >= 0.6 is 11.6 Å². The highest BCUT2D eigenvalue weighted by Gasteiger charge is 2.19. The highest BCUT2D eigenvalue weighted by Crippen LogP contribution is 2.24. The number of nitrogens with one attached hydrogen (secondary N) is 1. The molecular formula is C18H14ClN3O4. The number of halogens is 1. The van der Waals surface area contributed by atoms with Gasteiger partial charge in [0.1, 0.15) is 11.4 Å². The van der Waals surface area contributed by atoms with Gasteiger partial charge in [-0.3, -0.25) is 0 Å². The molecule has 1 aromatic heterocycles. The van der Waals surface area contributed by atoms with Gasteiger partial charge in [-0.15, -0.1) is 5.10 Å². The van der Waals surface area contributed by atoms with E-state index in [9.17, 15) is 9.59 Å². The lowest BCUT2D eigenvalue weighted by atomic mass is 10.1. The van der Waals surface area contributed by atoms with Crippen LogP contribution in [0.1, 0.15) is 27.8 Å². The third-order valence-corrected chi connectivity index (χ3v) is 3.69. The summed E-state index contributed by atoms with van der Waals surface area (Å²) < 4.78 is 10.3. The molecule has 26 heavy (non-hydrogen) atoms. The largest absolute Gasteiger partial charge is 0.461 e. The van der Waals surface area contributed by atoms with Crippen LogP contribution in [0.2, 0.25) is 5.02 Å². The van der Waals surface area contributed by atoms with E-state index in [1.807, 2.05) is 0 Å². The summed E-state index contributed by atoms with van der Waals surface area (Å²) in [5.41, 5.74) is 1.48. The van der Waals surface area contributed by atoms with Crippen molar-refractivity contribution in [2.75, 3.05) is 6.61 Å². The average molecular weight is 372 g/mol. The first-order chi connectivity index (χ1) is 12.6. The molecule has 0 saturated carbocycles. The van der Waals surface area contributed by atoms with Crippen LogP contribution < -0.4 is 4.74 Å². The van der Waals surface area contributed by atoms with Crippen LogP contribution in [0.5, 0.6) is 5.75 Å². The van der Waals surface area contributed by atoms with E-state index in [-0.39, 0.29) is 12.3 Å². The van der Waals surface area contributed by atoms with E-state index >= 15 is 0 Å². The molecular weight excluding hydrogens is 358 g/mol. The molecule has 0 bridgehead atoms. The molecule has 0 aliphatic carbocycles. The zero-order chi connectivity index (χ0) is 18.5. The predicted molar refractivity (Wildman–Crippen MR) is 94.2 cm³/mol. The van der Waals surface area contributed by atoms with E-state index in [1.165, 1.54) is 0 Å². The number of nitrogens with zero attached hydrogens (tertiary/aromatic N) is 2. The van der Waals surface area contributed by atoms with Gasteiger partial charge in [0.2, 0.25) is 0 Å². The van der Waals surface area contributed by atoms with Gasteiger partial charge in [0.15, 0.2) is 5.69 Å². The zero-order valence-corrected chi connectivity index (χ0v) is 14.5. The second kappa shape index (κ2) is 7.79. The molecule has 3 aromatic rings. The fourth-order valence-electron chi connectivity index (χ4n) is 2.21. The Morgan fingerprint density at radius 2 is 1.69 bits per heavy atom. The van der Waals surface area contributed by atoms with Crippen molar-refractivity contribution in [3.63, 3.8) is 0 Å². The van der Waals surface area contributed by atoms with Gasteiger partial charge in [0.05, 0.1) is 12.2 Å². The van der Waals surface area contributed by atoms with Crippen molar-refractivity contribution in [2.24, 2.45) is 0 Å². The number of hydrogen-bond acceptors (Lipinski definition) is 6. The Morgan fingerprint density at radius 3 is 2.35 bits per heavy atom. The number of rotatable bonds is 5. The van der Waals surface area contributed by atoms with Gasteiger partial charge in [-0.05, 0) is 55.5 Å². The maximum Gasteiger partial charge on any atom is 0.361 e. The molecule has 0 aliphatic rings. The van der Waals surface area contributed by atoms with Gasteiger partial charge in [-0.25, -0.2) is 9.59 Å². The number of H-pyrrole nitrogens is 1. The topological polar surface area (TPSA) is 94.2 Å². The maximum atomic E-state index is 12.1. The molecule has 0 atom stereocenters. The third-order valence-electron chi connectivity index (χ3n) is 3.43. The Bertz CT molecular complexity index is 920. The number of carbonyl (C=O) groups excluding carboxylic acids is 2. The number of ether oxygens (including phenoxy) is 2. The minimum absolute atomic E-state index is 0.0951. The summed E-state index contributed by atoms with van der Waals surface area (Å²) in [5.74, 6) is -0.701. The van der Waals surface area contributed by atoms with Crippen LogP contribution in [-0.4, -0.2) is 34.0 Å². The monoisotopic (exact) mass is 371 g/mol. The fraction of sp³-hybridized carbons (Fsp3) is 0.111. The summed E-state index contributed by atoms with van der Waals surface area (Å²) in [6, 6.07) is 12.9. The standard InChI is InChI=1S/C18H14ClN3O4/c1-2-25-18(24)16-15(20-22-21-16)11-5-9-14(10-6-11)26-17(23)12-3-7-13(19)8-4-12/h3-10H,2H2,1H3,(H,20,21,22). The van der Waals surface area contributed by atoms with Crippen molar-refractivity contribution in [1.82, 2.24) is 15.4 Å². The van der Waals surface area contributed by atoms with Crippen molar-refractivity contribution in [1.29, 1.82) is 0 Å². The predicted octanol–water partition coefficient (Wildman–Crippen LogP) is 3.52. The van der Waals surface area contributed by atoms with E-state index in [4.69, 9.17) is 21.1 Å². The van der Waals surface area contributed by atoms with E-state index in [0.29, 0.717) is 27.6 Å². The smallest absolute Gasteiger partial charge is 0.361 e. The third kappa shape index (κ3) is 3.89. The van der Waals surface area contributed by atoms with Crippen LogP contribution in [0.15, 0.2) is 48.5 Å².